The molecule has 1 amide bonds. The molecule has 1 aliphatic heterocycles. The first-order chi connectivity index (χ1) is 19.2. The minimum absolute atomic E-state index is 0.0975. The summed E-state index contributed by atoms with van der Waals surface area (Å²) in [6.45, 7) is 3.94. The van der Waals surface area contributed by atoms with Crippen LogP contribution in [0, 0.1) is 13.8 Å². The highest BCUT2D eigenvalue weighted by atomic mass is 32.1. The van der Waals surface area contributed by atoms with Crippen LogP contribution in [0.4, 0.5) is 5.13 Å². The molecule has 0 bridgehead atoms. The van der Waals surface area contributed by atoms with Gasteiger partial charge in [-0.05, 0) is 60.9 Å². The highest BCUT2D eigenvalue weighted by Gasteiger charge is 2.48. The van der Waals surface area contributed by atoms with Gasteiger partial charge in [0.2, 0.25) is 5.75 Å². The molecule has 0 saturated carbocycles. The molecule has 9 nitrogen and oxygen atoms in total. The summed E-state index contributed by atoms with van der Waals surface area (Å²) in [6, 6.07) is 12.9. The van der Waals surface area contributed by atoms with Crippen LogP contribution in [-0.2, 0) is 9.59 Å². The van der Waals surface area contributed by atoms with E-state index < -0.39 is 17.7 Å². The number of ether oxygens (including phenoxy) is 4. The molecule has 5 rings (SSSR count). The summed E-state index contributed by atoms with van der Waals surface area (Å²) in [5, 5.41) is 11.8. The van der Waals surface area contributed by atoms with Crippen LogP contribution in [0.1, 0.15) is 28.3 Å². The maximum Gasteiger partial charge on any atom is 0.301 e. The fourth-order valence-corrected chi connectivity index (χ4v) is 6.16. The van der Waals surface area contributed by atoms with Crippen molar-refractivity contribution in [2.45, 2.75) is 19.9 Å². The average Bonchev–Trinajstić information content (AvgIpc) is 3.50. The number of carbonyl (C=O) groups excluding carboxylic acids is 2. The summed E-state index contributed by atoms with van der Waals surface area (Å²) >= 11 is 1.30. The summed E-state index contributed by atoms with van der Waals surface area (Å²) in [6.07, 6.45) is 0. The number of aryl methyl sites for hydroxylation is 2. The molecule has 40 heavy (non-hydrogen) atoms. The Morgan fingerprint density at radius 1 is 0.925 bits per heavy atom. The molecule has 0 spiro atoms. The van der Waals surface area contributed by atoms with Crippen molar-refractivity contribution >= 4 is 44.1 Å². The Labute approximate surface area is 235 Å². The molecule has 0 aliphatic carbocycles. The Morgan fingerprint density at radius 3 is 2.25 bits per heavy atom. The summed E-state index contributed by atoms with van der Waals surface area (Å²) in [4.78, 5) is 33.5. The quantitative estimate of drug-likeness (QED) is 0.178. The fourth-order valence-electron chi connectivity index (χ4n) is 4.99. The number of aromatic nitrogens is 1. The van der Waals surface area contributed by atoms with Crippen LogP contribution in [0.25, 0.3) is 16.0 Å². The number of amides is 1. The summed E-state index contributed by atoms with van der Waals surface area (Å²) in [5.41, 5.74) is 3.44. The van der Waals surface area contributed by atoms with Gasteiger partial charge < -0.3 is 24.1 Å². The number of fused-ring (bicyclic) bond motifs is 1. The number of aliphatic hydroxyl groups is 1. The van der Waals surface area contributed by atoms with E-state index in [0.29, 0.717) is 39.3 Å². The second-order valence-electron chi connectivity index (χ2n) is 9.28. The van der Waals surface area contributed by atoms with Crippen molar-refractivity contribution in [2.24, 2.45) is 0 Å². The fraction of sp³-hybridized carbons (Fsp3) is 0.233. The van der Waals surface area contributed by atoms with Crippen molar-refractivity contribution in [1.82, 2.24) is 4.98 Å². The van der Waals surface area contributed by atoms with E-state index in [9.17, 15) is 14.7 Å². The number of carbonyl (C=O) groups is 2. The topological polar surface area (TPSA) is 107 Å². The van der Waals surface area contributed by atoms with Gasteiger partial charge in [0.05, 0.1) is 50.3 Å². The predicted molar refractivity (Wildman–Crippen MR) is 153 cm³/mol. The lowest BCUT2D eigenvalue weighted by atomic mass is 9.94. The number of nitrogens with zero attached hydrogens (tertiary/aromatic N) is 2. The van der Waals surface area contributed by atoms with Crippen LogP contribution in [-0.4, -0.2) is 50.2 Å². The third-order valence-corrected chi connectivity index (χ3v) is 7.82. The average molecular weight is 561 g/mol. The molecule has 1 aromatic heterocycles. The van der Waals surface area contributed by atoms with E-state index in [2.05, 4.69) is 0 Å². The second-order valence-corrected chi connectivity index (χ2v) is 10.3. The SMILES string of the molecule is COc1cccc(/C(O)=C2\C(=O)C(=O)N(c3nc4c(C)cc(C)cc4s3)C2c2cc(OC)c(OC)c(OC)c2)c1. The second kappa shape index (κ2) is 10.5. The first-order valence-electron chi connectivity index (χ1n) is 12.4. The number of anilines is 1. The van der Waals surface area contributed by atoms with Crippen LogP contribution in [0.5, 0.6) is 23.0 Å². The molecule has 3 aromatic carbocycles. The number of hydrogen-bond donors (Lipinski definition) is 1. The van der Waals surface area contributed by atoms with Gasteiger partial charge in [-0.15, -0.1) is 0 Å². The Morgan fingerprint density at radius 2 is 1.62 bits per heavy atom. The zero-order chi connectivity index (χ0) is 28.7. The van der Waals surface area contributed by atoms with E-state index in [0.717, 1.165) is 21.3 Å². The van der Waals surface area contributed by atoms with Gasteiger partial charge in [-0.3, -0.25) is 14.5 Å². The lowest BCUT2D eigenvalue weighted by Crippen LogP contribution is -2.29. The van der Waals surface area contributed by atoms with Crippen molar-refractivity contribution < 1.29 is 33.6 Å². The Hall–Kier alpha value is -4.57. The van der Waals surface area contributed by atoms with Crippen molar-refractivity contribution in [3.63, 3.8) is 0 Å². The van der Waals surface area contributed by atoms with Crippen LogP contribution in [0.3, 0.4) is 0 Å². The monoisotopic (exact) mass is 560 g/mol. The number of Topliss-reactive ketones (excluding diaryl/α,β-unsaturated/α-hetero) is 1. The van der Waals surface area contributed by atoms with Gasteiger partial charge in [0.15, 0.2) is 16.6 Å². The minimum atomic E-state index is -1.04. The molecular weight excluding hydrogens is 532 g/mol. The smallest absolute Gasteiger partial charge is 0.301 e. The molecular formula is C30H28N2O7S. The predicted octanol–water partition coefficient (Wildman–Crippen LogP) is 5.57. The van der Waals surface area contributed by atoms with Crippen LogP contribution in [0.2, 0.25) is 0 Å². The van der Waals surface area contributed by atoms with E-state index in [1.54, 1.807) is 36.4 Å². The third kappa shape index (κ3) is 4.40. The molecule has 206 valence electrons. The van der Waals surface area contributed by atoms with E-state index in [4.69, 9.17) is 23.9 Å². The van der Waals surface area contributed by atoms with Gasteiger partial charge in [0.1, 0.15) is 11.5 Å². The highest BCUT2D eigenvalue weighted by molar-refractivity contribution is 7.22. The van der Waals surface area contributed by atoms with E-state index in [1.165, 1.54) is 44.7 Å². The normalized spacial score (nSPS) is 16.4. The first kappa shape index (κ1) is 27.0. The van der Waals surface area contributed by atoms with Gasteiger partial charge in [-0.2, -0.15) is 0 Å². The van der Waals surface area contributed by atoms with Crippen molar-refractivity contribution in [3.05, 3.63) is 76.4 Å². The minimum Gasteiger partial charge on any atom is -0.507 e. The molecule has 1 saturated heterocycles. The molecule has 1 atom stereocenters. The first-order valence-corrected chi connectivity index (χ1v) is 13.2. The summed E-state index contributed by atoms with van der Waals surface area (Å²) < 4.78 is 22.8. The van der Waals surface area contributed by atoms with Gasteiger partial charge in [-0.25, -0.2) is 4.98 Å². The number of methoxy groups -OCH3 is 4. The number of rotatable bonds is 7. The number of ketones is 1. The van der Waals surface area contributed by atoms with Crippen molar-refractivity contribution in [2.75, 3.05) is 33.3 Å². The summed E-state index contributed by atoms with van der Waals surface area (Å²) in [5.74, 6) is -0.488. The standard InChI is InChI=1S/C30H28N2O7S/c1-15-10-16(2)24-22(11-15)40-30(31-24)32-25(18-13-20(37-4)28(39-6)21(14-18)38-5)23(27(34)29(32)35)26(33)17-8-7-9-19(12-17)36-3/h7-14,25,33H,1-6H3/b26-23+. The zero-order valence-corrected chi connectivity index (χ0v) is 23.7. The Balaban J connectivity index is 1.80. The highest BCUT2D eigenvalue weighted by Crippen LogP contribution is 2.48. The molecule has 0 radical (unpaired) electrons. The van der Waals surface area contributed by atoms with Gasteiger partial charge in [0, 0.05) is 5.56 Å². The third-order valence-electron chi connectivity index (χ3n) is 6.82. The van der Waals surface area contributed by atoms with Crippen LogP contribution in [0.15, 0.2) is 54.1 Å². The molecule has 1 N–H and O–H groups in total. The number of benzene rings is 3. The molecule has 2 heterocycles. The lowest BCUT2D eigenvalue weighted by molar-refractivity contribution is -0.132. The van der Waals surface area contributed by atoms with E-state index in [1.807, 2.05) is 26.0 Å². The van der Waals surface area contributed by atoms with E-state index >= 15 is 0 Å². The number of aliphatic hydroxyl groups excluding tert-OH is 1. The molecule has 10 heteroatoms. The Kier molecular flexibility index (Phi) is 7.12. The van der Waals surface area contributed by atoms with Crippen LogP contribution >= 0.6 is 11.3 Å². The Bertz CT molecular complexity index is 1670. The van der Waals surface area contributed by atoms with Crippen molar-refractivity contribution in [1.29, 1.82) is 0 Å². The van der Waals surface area contributed by atoms with E-state index in [-0.39, 0.29) is 11.3 Å². The number of hydrogen-bond acceptors (Lipinski definition) is 9. The maximum absolute atomic E-state index is 13.7. The van der Waals surface area contributed by atoms with Crippen molar-refractivity contribution in [3.8, 4) is 23.0 Å². The van der Waals surface area contributed by atoms with Gasteiger partial charge >= 0.3 is 5.91 Å². The molecule has 4 aromatic rings. The largest absolute Gasteiger partial charge is 0.507 e. The van der Waals surface area contributed by atoms with Gasteiger partial charge in [-0.1, -0.05) is 29.5 Å². The molecule has 1 aliphatic rings. The maximum atomic E-state index is 13.7. The van der Waals surface area contributed by atoms with Gasteiger partial charge in [0.25, 0.3) is 5.78 Å². The summed E-state index contributed by atoms with van der Waals surface area (Å²) in [7, 11) is 5.95. The molecule has 1 fully saturated rings. The molecule has 1 unspecified atom stereocenters. The zero-order valence-electron chi connectivity index (χ0n) is 22.9. The number of thiazole rings is 1. The lowest BCUT2D eigenvalue weighted by Gasteiger charge is -2.24. The van der Waals surface area contributed by atoms with Crippen LogP contribution < -0.4 is 23.8 Å².